The summed E-state index contributed by atoms with van der Waals surface area (Å²) in [6.07, 6.45) is 3.78. The Bertz CT molecular complexity index is 666. The van der Waals surface area contributed by atoms with Gasteiger partial charge in [-0.2, -0.15) is 10.2 Å². The van der Waals surface area contributed by atoms with E-state index in [-0.39, 0.29) is 30.9 Å². The van der Waals surface area contributed by atoms with Crippen molar-refractivity contribution < 1.29 is 4.79 Å². The van der Waals surface area contributed by atoms with Crippen molar-refractivity contribution in [1.29, 1.82) is 0 Å². The third-order valence-electron chi connectivity index (χ3n) is 2.35. The molecule has 2 rings (SSSR count). The molecular weight excluding hydrogens is 272 g/mol. The molecule has 0 aromatic carbocycles. The number of carbonyl (C=O) groups is 1. The lowest BCUT2D eigenvalue weighted by atomic mass is 10.2. The van der Waals surface area contributed by atoms with E-state index in [1.165, 1.54) is 17.0 Å². The highest BCUT2D eigenvalue weighted by molar-refractivity contribution is 5.85. The summed E-state index contributed by atoms with van der Waals surface area (Å²) in [6.45, 7) is 0.215. The lowest BCUT2D eigenvalue weighted by Gasteiger charge is -2.04. The molecule has 0 unspecified atom stereocenters. The highest BCUT2D eigenvalue weighted by Crippen LogP contribution is 2.08. The molecule has 0 aliphatic carbocycles. The molecule has 2 aromatic rings. The minimum atomic E-state index is -0.547. The van der Waals surface area contributed by atoms with Crippen LogP contribution in [-0.4, -0.2) is 26.0 Å². The van der Waals surface area contributed by atoms with E-state index in [1.807, 2.05) is 0 Å². The Hall–Kier alpha value is -2.28. The van der Waals surface area contributed by atoms with Crippen LogP contribution in [0.4, 0.5) is 0 Å². The quantitative estimate of drug-likeness (QED) is 0.796. The van der Waals surface area contributed by atoms with Crippen molar-refractivity contribution >= 4 is 18.7 Å². The predicted octanol–water partition coefficient (Wildman–Crippen LogP) is 0.00440. The standard InChI is InChI=1S/C11H10N4O3.ClH/c16-6-2-5-15-7-8(10(17)13-11(15)18)9-3-1-4-12-14-9;/h1,3-4,6-7H,2,5H2,(H,13,17,18);1H. The molecule has 0 amide bonds. The number of aromatic amines is 1. The Morgan fingerprint density at radius 2 is 2.16 bits per heavy atom. The molecule has 0 aliphatic rings. The van der Waals surface area contributed by atoms with Gasteiger partial charge in [0.2, 0.25) is 0 Å². The van der Waals surface area contributed by atoms with Crippen molar-refractivity contribution in [1.82, 2.24) is 19.7 Å². The first-order valence-electron chi connectivity index (χ1n) is 5.28. The van der Waals surface area contributed by atoms with Crippen LogP contribution in [0.25, 0.3) is 11.3 Å². The van der Waals surface area contributed by atoms with E-state index in [0.717, 1.165) is 0 Å². The normalized spacial score (nSPS) is 9.68. The summed E-state index contributed by atoms with van der Waals surface area (Å²) in [5, 5.41) is 7.48. The molecule has 0 saturated heterocycles. The van der Waals surface area contributed by atoms with Crippen LogP contribution in [0.1, 0.15) is 6.42 Å². The molecule has 19 heavy (non-hydrogen) atoms. The van der Waals surface area contributed by atoms with Crippen molar-refractivity contribution in [3.8, 4) is 11.3 Å². The number of nitrogens with zero attached hydrogens (tertiary/aromatic N) is 3. The van der Waals surface area contributed by atoms with Crippen LogP contribution in [0.3, 0.4) is 0 Å². The van der Waals surface area contributed by atoms with Gasteiger partial charge in [-0.3, -0.25) is 14.3 Å². The van der Waals surface area contributed by atoms with Crippen LogP contribution in [-0.2, 0) is 11.3 Å². The minimum absolute atomic E-state index is 0. The lowest BCUT2D eigenvalue weighted by molar-refractivity contribution is -0.108. The molecule has 2 aromatic heterocycles. The molecule has 7 nitrogen and oxygen atoms in total. The molecule has 0 fully saturated rings. The number of carbonyl (C=O) groups excluding carboxylic acids is 1. The van der Waals surface area contributed by atoms with E-state index in [4.69, 9.17) is 0 Å². The van der Waals surface area contributed by atoms with Crippen LogP contribution < -0.4 is 11.2 Å². The zero-order valence-corrected chi connectivity index (χ0v) is 10.6. The largest absolute Gasteiger partial charge is 0.328 e. The van der Waals surface area contributed by atoms with Gasteiger partial charge in [0.25, 0.3) is 5.56 Å². The van der Waals surface area contributed by atoms with Gasteiger partial charge >= 0.3 is 5.69 Å². The monoisotopic (exact) mass is 282 g/mol. The zero-order chi connectivity index (χ0) is 13.0. The Morgan fingerprint density at radius 3 is 2.79 bits per heavy atom. The average molecular weight is 283 g/mol. The molecule has 0 atom stereocenters. The Kier molecular flexibility index (Phi) is 5.13. The van der Waals surface area contributed by atoms with Crippen molar-refractivity contribution in [2.24, 2.45) is 0 Å². The fourth-order valence-corrected chi connectivity index (χ4v) is 1.49. The third-order valence-corrected chi connectivity index (χ3v) is 2.35. The second kappa shape index (κ2) is 6.60. The number of hydrogen-bond donors (Lipinski definition) is 1. The average Bonchev–Trinajstić information content (AvgIpc) is 2.39. The summed E-state index contributed by atoms with van der Waals surface area (Å²) in [6, 6.07) is 3.26. The second-order valence-electron chi connectivity index (χ2n) is 3.56. The predicted molar refractivity (Wildman–Crippen MR) is 70.3 cm³/mol. The fraction of sp³-hybridized carbons (Fsp3) is 0.182. The fourth-order valence-electron chi connectivity index (χ4n) is 1.49. The van der Waals surface area contributed by atoms with Crippen LogP contribution >= 0.6 is 12.4 Å². The second-order valence-corrected chi connectivity index (χ2v) is 3.56. The van der Waals surface area contributed by atoms with E-state index < -0.39 is 11.2 Å². The topological polar surface area (TPSA) is 97.7 Å². The van der Waals surface area contributed by atoms with E-state index in [1.54, 1.807) is 12.1 Å². The van der Waals surface area contributed by atoms with Crippen LogP contribution in [0.15, 0.2) is 34.1 Å². The smallest absolute Gasteiger partial charge is 0.303 e. The first-order chi connectivity index (χ1) is 8.72. The summed E-state index contributed by atoms with van der Waals surface area (Å²) in [4.78, 5) is 35.6. The van der Waals surface area contributed by atoms with Crippen LogP contribution in [0.5, 0.6) is 0 Å². The highest BCUT2D eigenvalue weighted by Gasteiger charge is 2.08. The number of rotatable bonds is 4. The van der Waals surface area contributed by atoms with Crippen molar-refractivity contribution in [2.75, 3.05) is 0 Å². The number of aryl methyl sites for hydroxylation is 1. The van der Waals surface area contributed by atoms with Gasteiger partial charge < -0.3 is 4.79 Å². The van der Waals surface area contributed by atoms with Crippen molar-refractivity contribution in [3.05, 3.63) is 45.4 Å². The maximum Gasteiger partial charge on any atom is 0.328 e. The molecule has 2 heterocycles. The molecule has 0 spiro atoms. The van der Waals surface area contributed by atoms with E-state index in [9.17, 15) is 14.4 Å². The van der Waals surface area contributed by atoms with Gasteiger partial charge in [0.05, 0.1) is 11.3 Å². The maximum absolute atomic E-state index is 11.7. The van der Waals surface area contributed by atoms with Gasteiger partial charge in [-0.05, 0) is 12.1 Å². The van der Waals surface area contributed by atoms with Gasteiger partial charge in [-0.1, -0.05) is 0 Å². The van der Waals surface area contributed by atoms with Gasteiger partial charge in [0, 0.05) is 25.4 Å². The molecule has 8 heteroatoms. The molecule has 0 radical (unpaired) electrons. The zero-order valence-electron chi connectivity index (χ0n) is 9.78. The molecule has 100 valence electrons. The number of H-pyrrole nitrogens is 1. The summed E-state index contributed by atoms with van der Waals surface area (Å²) >= 11 is 0. The summed E-state index contributed by atoms with van der Waals surface area (Å²) in [7, 11) is 0. The van der Waals surface area contributed by atoms with E-state index in [0.29, 0.717) is 12.0 Å². The highest BCUT2D eigenvalue weighted by atomic mass is 35.5. The molecule has 0 bridgehead atoms. The third kappa shape index (κ3) is 3.35. The molecule has 0 saturated carbocycles. The SMILES string of the molecule is Cl.O=CCCn1cc(-c2cccnn2)c(=O)[nH]c1=O. The Labute approximate surface area is 113 Å². The lowest BCUT2D eigenvalue weighted by Crippen LogP contribution is -2.30. The molecule has 1 N–H and O–H groups in total. The summed E-state index contributed by atoms with van der Waals surface area (Å²) in [5.41, 5.74) is -0.454. The van der Waals surface area contributed by atoms with Gasteiger partial charge in [-0.15, -0.1) is 12.4 Å². The first kappa shape index (κ1) is 14.8. The number of nitrogens with one attached hydrogen (secondary N) is 1. The van der Waals surface area contributed by atoms with Gasteiger partial charge in [0.15, 0.2) is 0 Å². The van der Waals surface area contributed by atoms with Crippen LogP contribution in [0, 0.1) is 0 Å². The summed E-state index contributed by atoms with van der Waals surface area (Å²) in [5.74, 6) is 0. The first-order valence-corrected chi connectivity index (χ1v) is 5.28. The van der Waals surface area contributed by atoms with E-state index >= 15 is 0 Å². The van der Waals surface area contributed by atoms with Crippen molar-refractivity contribution in [3.63, 3.8) is 0 Å². The number of halogens is 1. The maximum atomic E-state index is 11.7. The molecule has 0 aliphatic heterocycles. The summed E-state index contributed by atoms with van der Waals surface area (Å²) < 4.78 is 1.26. The number of hydrogen-bond acceptors (Lipinski definition) is 5. The Morgan fingerprint density at radius 1 is 1.37 bits per heavy atom. The van der Waals surface area contributed by atoms with Crippen molar-refractivity contribution in [2.45, 2.75) is 13.0 Å². The molecular formula is C11H11ClN4O3. The van der Waals surface area contributed by atoms with E-state index in [2.05, 4.69) is 15.2 Å². The van der Waals surface area contributed by atoms with Crippen LogP contribution in [0.2, 0.25) is 0 Å². The van der Waals surface area contributed by atoms with Gasteiger partial charge in [-0.25, -0.2) is 4.79 Å². The minimum Gasteiger partial charge on any atom is -0.303 e. The van der Waals surface area contributed by atoms with Gasteiger partial charge in [0.1, 0.15) is 6.29 Å². The number of aldehydes is 1. The number of aromatic nitrogens is 4. The Balaban J connectivity index is 0.00000180.